The zero-order chi connectivity index (χ0) is 15.4. The highest BCUT2D eigenvalue weighted by atomic mass is 16.3. The quantitative estimate of drug-likeness (QED) is 0.888. The van der Waals surface area contributed by atoms with Gasteiger partial charge in [0.1, 0.15) is 5.69 Å². The molecular weight excluding hydrogens is 264 g/mol. The molecule has 1 aromatic heterocycles. The average Bonchev–Trinajstić information content (AvgIpc) is 2.95. The first-order valence-electron chi connectivity index (χ1n) is 7.18. The maximum absolute atomic E-state index is 12.2. The summed E-state index contributed by atoms with van der Waals surface area (Å²) in [6.07, 6.45) is 1.19. The van der Waals surface area contributed by atoms with Gasteiger partial charge in [-0.1, -0.05) is 29.8 Å². The summed E-state index contributed by atoms with van der Waals surface area (Å²) in [5.41, 5.74) is 2.56. The van der Waals surface area contributed by atoms with Gasteiger partial charge < -0.3 is 15.0 Å². The summed E-state index contributed by atoms with van der Waals surface area (Å²) in [4.78, 5) is 12.2. The van der Waals surface area contributed by atoms with Crippen LogP contribution in [0.25, 0.3) is 0 Å². The fraction of sp³-hybridized carbons (Fsp3) is 0.353. The molecule has 2 rings (SSSR count). The molecule has 1 amide bonds. The standard InChI is InChI=1S/C17H22N2O2/c1-12(2)19-10-4-5-15(19)17(21)18-11-16(20)14-8-6-13(3)7-9-14/h4-10,12,16,20H,11H2,1-3H3,(H,18,21). The Bertz CT molecular complexity index is 600. The van der Waals surface area contributed by atoms with Crippen LogP contribution in [0.2, 0.25) is 0 Å². The summed E-state index contributed by atoms with van der Waals surface area (Å²) in [5.74, 6) is -0.167. The highest BCUT2D eigenvalue weighted by molar-refractivity contribution is 5.92. The normalized spacial score (nSPS) is 12.4. The first kappa shape index (κ1) is 15.3. The number of aliphatic hydroxyl groups is 1. The molecular formula is C17H22N2O2. The third kappa shape index (κ3) is 3.73. The lowest BCUT2D eigenvalue weighted by Gasteiger charge is -2.15. The second kappa shape index (κ2) is 6.59. The molecule has 0 spiro atoms. The zero-order valence-electron chi connectivity index (χ0n) is 12.7. The van der Waals surface area contributed by atoms with E-state index >= 15 is 0 Å². The molecule has 4 nitrogen and oxygen atoms in total. The van der Waals surface area contributed by atoms with Gasteiger partial charge in [0.2, 0.25) is 0 Å². The number of hydrogen-bond donors (Lipinski definition) is 2. The Morgan fingerprint density at radius 1 is 1.24 bits per heavy atom. The lowest BCUT2D eigenvalue weighted by atomic mass is 10.1. The van der Waals surface area contributed by atoms with Crippen molar-refractivity contribution in [3.63, 3.8) is 0 Å². The van der Waals surface area contributed by atoms with Crippen molar-refractivity contribution in [2.45, 2.75) is 32.9 Å². The number of aromatic nitrogens is 1. The van der Waals surface area contributed by atoms with Crippen LogP contribution in [-0.2, 0) is 0 Å². The van der Waals surface area contributed by atoms with Gasteiger partial charge in [0, 0.05) is 18.8 Å². The molecule has 0 saturated heterocycles. The van der Waals surface area contributed by atoms with Crippen LogP contribution >= 0.6 is 0 Å². The van der Waals surface area contributed by atoms with Gasteiger partial charge in [0.25, 0.3) is 5.91 Å². The summed E-state index contributed by atoms with van der Waals surface area (Å²) in [6, 6.07) is 11.5. The van der Waals surface area contributed by atoms with Gasteiger partial charge in [0.15, 0.2) is 0 Å². The molecule has 0 radical (unpaired) electrons. The highest BCUT2D eigenvalue weighted by Gasteiger charge is 2.14. The summed E-state index contributed by atoms with van der Waals surface area (Å²) in [6.45, 7) is 6.25. The van der Waals surface area contributed by atoms with Crippen LogP contribution in [0.5, 0.6) is 0 Å². The number of nitrogens with zero attached hydrogens (tertiary/aromatic N) is 1. The minimum Gasteiger partial charge on any atom is -0.387 e. The van der Waals surface area contributed by atoms with Gasteiger partial charge >= 0.3 is 0 Å². The molecule has 0 bridgehead atoms. The largest absolute Gasteiger partial charge is 0.387 e. The summed E-state index contributed by atoms with van der Waals surface area (Å²) in [5, 5.41) is 12.9. The number of carbonyl (C=O) groups excluding carboxylic acids is 1. The molecule has 0 aliphatic rings. The number of aryl methyl sites for hydroxylation is 1. The van der Waals surface area contributed by atoms with Crippen LogP contribution in [0.3, 0.4) is 0 Å². The molecule has 21 heavy (non-hydrogen) atoms. The number of aliphatic hydroxyl groups excluding tert-OH is 1. The van der Waals surface area contributed by atoms with Crippen molar-refractivity contribution >= 4 is 5.91 Å². The lowest BCUT2D eigenvalue weighted by Crippen LogP contribution is -2.30. The zero-order valence-corrected chi connectivity index (χ0v) is 12.7. The topological polar surface area (TPSA) is 54.3 Å². The van der Waals surface area contributed by atoms with E-state index in [1.165, 1.54) is 0 Å². The van der Waals surface area contributed by atoms with Crippen molar-refractivity contribution in [2.24, 2.45) is 0 Å². The molecule has 2 aromatic rings. The summed E-state index contributed by atoms with van der Waals surface area (Å²) in [7, 11) is 0. The predicted octanol–water partition coefficient (Wildman–Crippen LogP) is 2.84. The van der Waals surface area contributed by atoms with Gasteiger partial charge in [-0.2, -0.15) is 0 Å². The van der Waals surface area contributed by atoms with Gasteiger partial charge in [0.05, 0.1) is 6.10 Å². The van der Waals surface area contributed by atoms with E-state index in [2.05, 4.69) is 5.32 Å². The first-order valence-corrected chi connectivity index (χ1v) is 7.18. The van der Waals surface area contributed by atoms with Crippen molar-refractivity contribution in [3.8, 4) is 0 Å². The molecule has 1 atom stereocenters. The van der Waals surface area contributed by atoms with Crippen molar-refractivity contribution in [2.75, 3.05) is 6.54 Å². The first-order chi connectivity index (χ1) is 9.99. The van der Waals surface area contributed by atoms with E-state index in [0.717, 1.165) is 11.1 Å². The smallest absolute Gasteiger partial charge is 0.268 e. The van der Waals surface area contributed by atoms with E-state index in [4.69, 9.17) is 0 Å². The second-order valence-corrected chi connectivity index (χ2v) is 5.53. The molecule has 2 N–H and O–H groups in total. The number of nitrogens with one attached hydrogen (secondary N) is 1. The molecule has 112 valence electrons. The molecule has 1 unspecified atom stereocenters. The minimum absolute atomic E-state index is 0.167. The molecule has 0 fully saturated rings. The Balaban J connectivity index is 1.97. The van der Waals surface area contributed by atoms with Crippen LogP contribution in [0, 0.1) is 6.92 Å². The maximum Gasteiger partial charge on any atom is 0.268 e. The van der Waals surface area contributed by atoms with Crippen LogP contribution < -0.4 is 5.32 Å². The van der Waals surface area contributed by atoms with E-state index < -0.39 is 6.10 Å². The lowest BCUT2D eigenvalue weighted by molar-refractivity contribution is 0.0905. The van der Waals surface area contributed by atoms with E-state index in [0.29, 0.717) is 5.69 Å². The molecule has 0 saturated carbocycles. The van der Waals surface area contributed by atoms with Gasteiger partial charge in [-0.15, -0.1) is 0 Å². The van der Waals surface area contributed by atoms with E-state index in [1.807, 2.05) is 61.9 Å². The van der Waals surface area contributed by atoms with Crippen LogP contribution in [-0.4, -0.2) is 22.1 Å². The molecule has 0 aliphatic carbocycles. The van der Waals surface area contributed by atoms with Gasteiger partial charge in [-0.05, 0) is 38.5 Å². The number of carbonyl (C=O) groups is 1. The Morgan fingerprint density at radius 2 is 1.90 bits per heavy atom. The fourth-order valence-corrected chi connectivity index (χ4v) is 2.22. The predicted molar refractivity (Wildman–Crippen MR) is 83.3 cm³/mol. The van der Waals surface area contributed by atoms with Crippen LogP contribution in [0.1, 0.15) is 47.6 Å². The minimum atomic E-state index is -0.697. The maximum atomic E-state index is 12.2. The molecule has 1 aromatic carbocycles. The van der Waals surface area contributed by atoms with Crippen molar-refractivity contribution in [1.29, 1.82) is 0 Å². The summed E-state index contributed by atoms with van der Waals surface area (Å²) >= 11 is 0. The molecule has 1 heterocycles. The Hall–Kier alpha value is -2.07. The average molecular weight is 286 g/mol. The number of benzene rings is 1. The molecule has 0 aliphatic heterocycles. The monoisotopic (exact) mass is 286 g/mol. The summed E-state index contributed by atoms with van der Waals surface area (Å²) < 4.78 is 1.91. The Labute approximate surface area is 125 Å². The number of hydrogen-bond acceptors (Lipinski definition) is 2. The molecule has 4 heteroatoms. The second-order valence-electron chi connectivity index (χ2n) is 5.53. The SMILES string of the molecule is Cc1ccc(C(O)CNC(=O)c2cccn2C(C)C)cc1. The van der Waals surface area contributed by atoms with Crippen molar-refractivity contribution in [1.82, 2.24) is 9.88 Å². The number of rotatable bonds is 5. The fourth-order valence-electron chi connectivity index (χ4n) is 2.22. The van der Waals surface area contributed by atoms with Crippen LogP contribution in [0.4, 0.5) is 0 Å². The van der Waals surface area contributed by atoms with E-state index in [1.54, 1.807) is 6.07 Å². The van der Waals surface area contributed by atoms with Crippen molar-refractivity contribution < 1.29 is 9.90 Å². The van der Waals surface area contributed by atoms with E-state index in [9.17, 15) is 9.90 Å². The van der Waals surface area contributed by atoms with Crippen molar-refractivity contribution in [3.05, 3.63) is 59.4 Å². The Kier molecular flexibility index (Phi) is 4.81. The Morgan fingerprint density at radius 3 is 2.52 bits per heavy atom. The third-order valence-corrected chi connectivity index (χ3v) is 3.49. The van der Waals surface area contributed by atoms with Crippen LogP contribution in [0.15, 0.2) is 42.6 Å². The third-order valence-electron chi connectivity index (χ3n) is 3.49. The number of amides is 1. The van der Waals surface area contributed by atoms with Gasteiger partial charge in [-0.25, -0.2) is 0 Å². The highest BCUT2D eigenvalue weighted by Crippen LogP contribution is 2.14. The van der Waals surface area contributed by atoms with E-state index in [-0.39, 0.29) is 18.5 Å². The van der Waals surface area contributed by atoms with Gasteiger partial charge in [-0.3, -0.25) is 4.79 Å².